The van der Waals surface area contributed by atoms with Crippen molar-refractivity contribution in [3.05, 3.63) is 34.1 Å². The van der Waals surface area contributed by atoms with E-state index in [2.05, 4.69) is 15.9 Å². The van der Waals surface area contributed by atoms with Gasteiger partial charge in [-0.15, -0.1) is 0 Å². The molecule has 0 aliphatic carbocycles. The maximum atomic E-state index is 13.1. The van der Waals surface area contributed by atoms with E-state index < -0.39 is 17.4 Å². The molecule has 0 atom stereocenters. The molecule has 0 radical (unpaired) electrons. The highest BCUT2D eigenvalue weighted by Crippen LogP contribution is 2.21. The average molecular weight is 315 g/mol. The van der Waals surface area contributed by atoms with E-state index in [1.54, 1.807) is 0 Å². The smallest absolute Gasteiger partial charge is 0.228 e. The molecule has 1 aromatic rings. The molecule has 0 aromatic heterocycles. The van der Waals surface area contributed by atoms with Gasteiger partial charge in [0.15, 0.2) is 0 Å². The monoisotopic (exact) mass is 314 g/mol. The second-order valence-corrected chi connectivity index (χ2v) is 5.06. The molecule has 3 nitrogen and oxygen atoms in total. The molecule has 0 saturated carbocycles. The van der Waals surface area contributed by atoms with Crippen LogP contribution in [0.1, 0.15) is 23.2 Å². The lowest BCUT2D eigenvalue weighted by Gasteiger charge is -2.20. The Morgan fingerprint density at radius 3 is 2.56 bits per heavy atom. The van der Waals surface area contributed by atoms with Crippen LogP contribution in [0.25, 0.3) is 0 Å². The van der Waals surface area contributed by atoms with Crippen molar-refractivity contribution in [2.45, 2.75) is 12.8 Å². The topological polar surface area (TPSA) is 43.4 Å². The molecule has 96 valence electrons. The zero-order valence-corrected chi connectivity index (χ0v) is 11.2. The van der Waals surface area contributed by atoms with Crippen molar-refractivity contribution in [3.8, 4) is 0 Å². The van der Waals surface area contributed by atoms with Crippen LogP contribution in [0.3, 0.4) is 0 Å². The van der Waals surface area contributed by atoms with Gasteiger partial charge in [0.2, 0.25) is 11.6 Å². The zero-order chi connectivity index (χ0) is 13.1. The van der Waals surface area contributed by atoms with Crippen LogP contribution in [0.4, 0.5) is 4.39 Å². The minimum atomic E-state index is -0.553. The van der Waals surface area contributed by atoms with Gasteiger partial charge in [-0.2, -0.15) is 0 Å². The highest BCUT2D eigenvalue weighted by Gasteiger charge is 2.28. The molecule has 1 aliphatic heterocycles. The molecule has 1 heterocycles. The van der Waals surface area contributed by atoms with Crippen LogP contribution >= 0.6 is 15.9 Å². The van der Waals surface area contributed by atoms with Crippen LogP contribution in [0.5, 0.6) is 0 Å². The molecule has 0 unspecified atom stereocenters. The first kappa shape index (κ1) is 13.4. The van der Waals surface area contributed by atoms with Crippen LogP contribution in [0.15, 0.2) is 22.7 Å². The van der Waals surface area contributed by atoms with Crippen molar-refractivity contribution in [1.29, 1.82) is 0 Å². The molecule has 0 amide bonds. The molecule has 2 rings (SSSR count). The highest BCUT2D eigenvalue weighted by molar-refractivity contribution is 9.10. The van der Waals surface area contributed by atoms with Gasteiger partial charge >= 0.3 is 0 Å². The maximum absolute atomic E-state index is 13.1. The van der Waals surface area contributed by atoms with Crippen molar-refractivity contribution in [3.63, 3.8) is 0 Å². The summed E-state index contributed by atoms with van der Waals surface area (Å²) in [7, 11) is 0. The van der Waals surface area contributed by atoms with Gasteiger partial charge in [-0.25, -0.2) is 4.39 Å². The molecule has 1 aromatic carbocycles. The molecule has 5 heteroatoms. The number of ether oxygens (including phenoxy) is 1. The van der Waals surface area contributed by atoms with E-state index in [0.29, 0.717) is 26.1 Å². The molecule has 1 aliphatic rings. The third kappa shape index (κ3) is 2.84. The summed E-state index contributed by atoms with van der Waals surface area (Å²) in [5.41, 5.74) is 0.222. The molecule has 0 N–H and O–H groups in total. The average Bonchev–Trinajstić information content (AvgIpc) is 2.41. The van der Waals surface area contributed by atoms with Gasteiger partial charge in [-0.3, -0.25) is 9.59 Å². The van der Waals surface area contributed by atoms with Gasteiger partial charge in [-0.05, 0) is 47.0 Å². The van der Waals surface area contributed by atoms with Gasteiger partial charge in [0.1, 0.15) is 5.82 Å². The first-order valence-electron chi connectivity index (χ1n) is 5.71. The van der Waals surface area contributed by atoms with E-state index in [0.717, 1.165) is 0 Å². The Morgan fingerprint density at radius 2 is 1.94 bits per heavy atom. The molecular weight excluding hydrogens is 303 g/mol. The summed E-state index contributed by atoms with van der Waals surface area (Å²) in [4.78, 5) is 24.0. The van der Waals surface area contributed by atoms with Crippen molar-refractivity contribution in [1.82, 2.24) is 0 Å². The Balaban J connectivity index is 2.14. The van der Waals surface area contributed by atoms with Crippen molar-refractivity contribution >= 4 is 27.5 Å². The van der Waals surface area contributed by atoms with Crippen LogP contribution in [-0.2, 0) is 9.53 Å². The van der Waals surface area contributed by atoms with Gasteiger partial charge in [0, 0.05) is 24.7 Å². The highest BCUT2D eigenvalue weighted by atomic mass is 79.9. The minimum Gasteiger partial charge on any atom is -0.381 e. The number of carbonyl (C=O) groups excluding carboxylic acids is 2. The maximum Gasteiger partial charge on any atom is 0.228 e. The van der Waals surface area contributed by atoms with Gasteiger partial charge in [-0.1, -0.05) is 0 Å². The fourth-order valence-corrected chi connectivity index (χ4v) is 2.30. The minimum absolute atomic E-state index is 0.188. The van der Waals surface area contributed by atoms with Crippen molar-refractivity contribution < 1.29 is 18.7 Å². The molecule has 18 heavy (non-hydrogen) atoms. The lowest BCUT2D eigenvalue weighted by Crippen LogP contribution is -2.29. The fourth-order valence-electron chi connectivity index (χ4n) is 1.92. The van der Waals surface area contributed by atoms with Crippen LogP contribution < -0.4 is 0 Å². The molecule has 1 fully saturated rings. The molecule has 0 bridgehead atoms. The van der Waals surface area contributed by atoms with E-state index in [1.807, 2.05) is 0 Å². The predicted molar refractivity (Wildman–Crippen MR) is 67.0 cm³/mol. The van der Waals surface area contributed by atoms with Crippen LogP contribution in [0, 0.1) is 11.7 Å². The zero-order valence-electron chi connectivity index (χ0n) is 9.62. The summed E-state index contributed by atoms with van der Waals surface area (Å²) in [5, 5.41) is 0. The molecule has 1 saturated heterocycles. The second kappa shape index (κ2) is 5.71. The fraction of sp³-hybridized carbons (Fsp3) is 0.385. The lowest BCUT2D eigenvalue weighted by atomic mass is 9.90. The first-order valence-corrected chi connectivity index (χ1v) is 6.50. The summed E-state index contributed by atoms with van der Waals surface area (Å²) in [6, 6.07) is 3.85. The van der Waals surface area contributed by atoms with Gasteiger partial charge < -0.3 is 4.74 Å². The lowest BCUT2D eigenvalue weighted by molar-refractivity contribution is -0.121. The van der Waals surface area contributed by atoms with E-state index in [9.17, 15) is 14.0 Å². The SMILES string of the molecule is O=C(C(=O)C1CCOCC1)c1ccc(F)c(Br)c1. The van der Waals surface area contributed by atoms with E-state index in [-0.39, 0.29) is 16.0 Å². The Bertz CT molecular complexity index is 481. The Hall–Kier alpha value is -1.07. The van der Waals surface area contributed by atoms with Gasteiger partial charge in [0.25, 0.3) is 0 Å². The van der Waals surface area contributed by atoms with Crippen molar-refractivity contribution in [2.24, 2.45) is 5.92 Å². The number of hydrogen-bond donors (Lipinski definition) is 0. The Labute approximate surface area is 112 Å². The number of ketones is 2. The summed E-state index contributed by atoms with van der Waals surface area (Å²) < 4.78 is 18.4. The van der Waals surface area contributed by atoms with Gasteiger partial charge in [0.05, 0.1) is 4.47 Å². The standard InChI is InChI=1S/C13H12BrFO3/c14-10-7-9(1-2-11(10)15)13(17)12(16)8-3-5-18-6-4-8/h1-2,7-8H,3-6H2. The molecular formula is C13H12BrFO3. The van der Waals surface area contributed by atoms with E-state index in [4.69, 9.17) is 4.74 Å². The summed E-state index contributed by atoms with van der Waals surface area (Å²) in [5.74, 6) is -1.68. The largest absolute Gasteiger partial charge is 0.381 e. The van der Waals surface area contributed by atoms with Crippen LogP contribution in [0.2, 0.25) is 0 Å². The third-order valence-corrected chi connectivity index (χ3v) is 3.61. The summed E-state index contributed by atoms with van der Waals surface area (Å²) in [6.07, 6.45) is 1.15. The predicted octanol–water partition coefficient (Wildman–Crippen LogP) is 2.77. The first-order chi connectivity index (χ1) is 8.59. The number of carbonyl (C=O) groups is 2. The Kier molecular flexibility index (Phi) is 4.24. The number of hydrogen-bond acceptors (Lipinski definition) is 3. The summed E-state index contributed by atoms with van der Waals surface area (Å²) >= 11 is 3.00. The third-order valence-electron chi connectivity index (χ3n) is 3.00. The molecule has 0 spiro atoms. The van der Waals surface area contributed by atoms with E-state index >= 15 is 0 Å². The Morgan fingerprint density at radius 1 is 1.28 bits per heavy atom. The number of rotatable bonds is 3. The number of halogens is 2. The second-order valence-electron chi connectivity index (χ2n) is 4.21. The van der Waals surface area contributed by atoms with Crippen LogP contribution in [-0.4, -0.2) is 24.8 Å². The number of Topliss-reactive ketones (excluding diaryl/α,β-unsaturated/α-hetero) is 2. The number of benzene rings is 1. The van der Waals surface area contributed by atoms with E-state index in [1.165, 1.54) is 18.2 Å². The van der Waals surface area contributed by atoms with Crippen molar-refractivity contribution in [2.75, 3.05) is 13.2 Å². The quantitative estimate of drug-likeness (QED) is 0.636. The normalized spacial score (nSPS) is 16.6. The summed E-state index contributed by atoms with van der Waals surface area (Å²) in [6.45, 7) is 1.02.